The molecule has 0 N–H and O–H groups in total. The van der Waals surface area contributed by atoms with E-state index in [2.05, 4.69) is 15.9 Å². The van der Waals surface area contributed by atoms with Gasteiger partial charge in [-0.3, -0.25) is 9.59 Å². The first kappa shape index (κ1) is 13.9. The highest BCUT2D eigenvalue weighted by molar-refractivity contribution is 9.10. The zero-order valence-corrected chi connectivity index (χ0v) is 12.4. The maximum absolute atomic E-state index is 13.3. The number of carbonyl (C=O) groups excluding carboxylic acids is 2. The monoisotopic (exact) mass is 351 g/mol. The number of rotatable bonds is 1. The highest BCUT2D eigenvalue weighted by Crippen LogP contribution is 2.34. The molecule has 106 valence electrons. The van der Waals surface area contributed by atoms with Crippen LogP contribution in [-0.2, 0) is 0 Å². The number of aryl methyl sites for hydroxylation is 1. The molecule has 2 aromatic rings. The lowest BCUT2D eigenvalue weighted by Gasteiger charge is -2.16. The Kier molecular flexibility index (Phi) is 3.13. The number of hydrogen-bond donors (Lipinski definition) is 0. The molecule has 0 fully saturated rings. The van der Waals surface area contributed by atoms with Crippen LogP contribution < -0.4 is 4.90 Å². The van der Waals surface area contributed by atoms with E-state index < -0.39 is 23.4 Å². The third-order valence-corrected chi connectivity index (χ3v) is 3.91. The molecular formula is C15H8BrF2NO2. The molecule has 0 spiro atoms. The lowest BCUT2D eigenvalue weighted by atomic mass is 10.1. The van der Waals surface area contributed by atoms with Crippen LogP contribution >= 0.6 is 15.9 Å². The lowest BCUT2D eigenvalue weighted by Crippen LogP contribution is -2.29. The van der Waals surface area contributed by atoms with Gasteiger partial charge in [0, 0.05) is 4.47 Å². The first-order valence-corrected chi connectivity index (χ1v) is 6.83. The van der Waals surface area contributed by atoms with Crippen molar-refractivity contribution in [3.8, 4) is 0 Å². The van der Waals surface area contributed by atoms with Gasteiger partial charge in [0.25, 0.3) is 11.8 Å². The van der Waals surface area contributed by atoms with E-state index in [0.29, 0.717) is 10.2 Å². The second-order valence-corrected chi connectivity index (χ2v) is 5.57. The molecule has 1 heterocycles. The number of fused-ring (bicyclic) bond motifs is 1. The molecular weight excluding hydrogens is 344 g/mol. The number of anilines is 1. The first-order chi connectivity index (χ1) is 9.90. The third-order valence-electron chi connectivity index (χ3n) is 3.27. The fraction of sp³-hybridized carbons (Fsp3) is 0.0667. The lowest BCUT2D eigenvalue weighted by molar-refractivity contribution is 0.0926. The Bertz CT molecular complexity index is 764. The summed E-state index contributed by atoms with van der Waals surface area (Å²) in [5.41, 5.74) is 1.02. The topological polar surface area (TPSA) is 37.4 Å². The van der Waals surface area contributed by atoms with Gasteiger partial charge >= 0.3 is 0 Å². The Labute approximate surface area is 127 Å². The molecule has 2 aromatic carbocycles. The van der Waals surface area contributed by atoms with Crippen LogP contribution in [0.4, 0.5) is 14.5 Å². The summed E-state index contributed by atoms with van der Waals surface area (Å²) >= 11 is 3.29. The summed E-state index contributed by atoms with van der Waals surface area (Å²) in [5.74, 6) is -3.64. The normalized spacial score (nSPS) is 13.8. The molecule has 0 aliphatic carbocycles. The van der Waals surface area contributed by atoms with Crippen LogP contribution in [0, 0.1) is 18.6 Å². The Morgan fingerprint density at radius 2 is 1.48 bits per heavy atom. The maximum Gasteiger partial charge on any atom is 0.266 e. The summed E-state index contributed by atoms with van der Waals surface area (Å²) < 4.78 is 27.1. The predicted octanol–water partition coefficient (Wildman–Crippen LogP) is 3.84. The van der Waals surface area contributed by atoms with Gasteiger partial charge in [-0.05, 0) is 52.7 Å². The minimum atomic E-state index is -1.15. The fourth-order valence-electron chi connectivity index (χ4n) is 2.25. The molecule has 6 heteroatoms. The first-order valence-electron chi connectivity index (χ1n) is 6.04. The van der Waals surface area contributed by atoms with Crippen LogP contribution in [0.15, 0.2) is 34.8 Å². The van der Waals surface area contributed by atoms with Gasteiger partial charge in [-0.1, -0.05) is 6.07 Å². The van der Waals surface area contributed by atoms with E-state index in [0.717, 1.165) is 22.6 Å². The second-order valence-electron chi connectivity index (χ2n) is 4.71. The van der Waals surface area contributed by atoms with E-state index in [9.17, 15) is 18.4 Å². The Morgan fingerprint density at radius 3 is 1.95 bits per heavy atom. The van der Waals surface area contributed by atoms with E-state index >= 15 is 0 Å². The number of halogens is 3. The van der Waals surface area contributed by atoms with Crippen molar-refractivity contribution < 1.29 is 18.4 Å². The van der Waals surface area contributed by atoms with Gasteiger partial charge in [0.2, 0.25) is 0 Å². The number of amides is 2. The van der Waals surface area contributed by atoms with Gasteiger partial charge < -0.3 is 0 Å². The molecule has 0 unspecified atom stereocenters. The number of benzene rings is 2. The zero-order valence-electron chi connectivity index (χ0n) is 10.8. The van der Waals surface area contributed by atoms with Crippen molar-refractivity contribution >= 4 is 33.4 Å². The summed E-state index contributed by atoms with van der Waals surface area (Å²) in [5, 5.41) is 0. The van der Waals surface area contributed by atoms with Crippen molar-refractivity contribution in [3.05, 3.63) is 63.1 Å². The molecule has 2 amide bonds. The van der Waals surface area contributed by atoms with Crippen LogP contribution in [-0.4, -0.2) is 11.8 Å². The molecule has 21 heavy (non-hydrogen) atoms. The smallest absolute Gasteiger partial charge is 0.266 e. The molecule has 0 bridgehead atoms. The molecule has 1 aliphatic heterocycles. The largest absolute Gasteiger partial charge is 0.268 e. The second kappa shape index (κ2) is 4.73. The summed E-state index contributed by atoms with van der Waals surface area (Å²) in [7, 11) is 0. The zero-order chi connectivity index (χ0) is 15.3. The van der Waals surface area contributed by atoms with E-state index in [-0.39, 0.29) is 11.1 Å². The summed E-state index contributed by atoms with van der Waals surface area (Å²) in [6.45, 7) is 1.86. The average Bonchev–Trinajstić information content (AvgIpc) is 2.64. The number of nitrogens with zero attached hydrogens (tertiary/aromatic N) is 1. The van der Waals surface area contributed by atoms with Crippen molar-refractivity contribution in [2.75, 3.05) is 4.90 Å². The average molecular weight is 352 g/mol. The summed E-state index contributed by atoms with van der Waals surface area (Å²) in [4.78, 5) is 25.5. The third kappa shape index (κ3) is 2.06. The van der Waals surface area contributed by atoms with Crippen LogP contribution in [0.2, 0.25) is 0 Å². The van der Waals surface area contributed by atoms with Gasteiger partial charge in [0.05, 0.1) is 16.8 Å². The minimum Gasteiger partial charge on any atom is -0.268 e. The molecule has 0 atom stereocenters. The van der Waals surface area contributed by atoms with Crippen molar-refractivity contribution in [1.82, 2.24) is 0 Å². The SMILES string of the molecule is Cc1ccc(N2C(=O)c3cc(F)c(F)cc3C2=O)c(Br)c1. The number of hydrogen-bond acceptors (Lipinski definition) is 2. The van der Waals surface area contributed by atoms with Crippen LogP contribution in [0.1, 0.15) is 26.3 Å². The minimum absolute atomic E-state index is 0.133. The van der Waals surface area contributed by atoms with E-state index in [1.54, 1.807) is 18.2 Å². The fourth-order valence-corrected chi connectivity index (χ4v) is 2.92. The van der Waals surface area contributed by atoms with Crippen molar-refractivity contribution in [2.24, 2.45) is 0 Å². The van der Waals surface area contributed by atoms with Crippen LogP contribution in [0.25, 0.3) is 0 Å². The van der Waals surface area contributed by atoms with Gasteiger partial charge in [0.1, 0.15) is 0 Å². The molecule has 3 rings (SSSR count). The highest BCUT2D eigenvalue weighted by atomic mass is 79.9. The van der Waals surface area contributed by atoms with Gasteiger partial charge in [-0.15, -0.1) is 0 Å². The van der Waals surface area contributed by atoms with Crippen LogP contribution in [0.5, 0.6) is 0 Å². The standard InChI is InChI=1S/C15H8BrF2NO2/c1-7-2-3-13(10(16)4-7)19-14(20)8-5-11(17)12(18)6-9(8)15(19)21/h2-6H,1H3. The Morgan fingerprint density at radius 1 is 0.952 bits per heavy atom. The van der Waals surface area contributed by atoms with Crippen molar-refractivity contribution in [1.29, 1.82) is 0 Å². The van der Waals surface area contributed by atoms with Crippen molar-refractivity contribution in [2.45, 2.75) is 6.92 Å². The van der Waals surface area contributed by atoms with Gasteiger partial charge in [-0.2, -0.15) is 0 Å². The highest BCUT2D eigenvalue weighted by Gasteiger charge is 2.38. The number of carbonyl (C=O) groups is 2. The molecule has 0 radical (unpaired) electrons. The Balaban J connectivity index is 2.16. The summed E-state index contributed by atoms with van der Waals surface area (Å²) in [6, 6.07) is 6.61. The van der Waals surface area contributed by atoms with E-state index in [1.165, 1.54) is 0 Å². The number of imide groups is 1. The van der Waals surface area contributed by atoms with Gasteiger partial charge in [0.15, 0.2) is 11.6 Å². The maximum atomic E-state index is 13.3. The molecule has 0 aromatic heterocycles. The van der Waals surface area contributed by atoms with Crippen molar-refractivity contribution in [3.63, 3.8) is 0 Å². The molecule has 0 saturated carbocycles. The predicted molar refractivity (Wildman–Crippen MR) is 76.4 cm³/mol. The molecule has 0 saturated heterocycles. The quantitative estimate of drug-likeness (QED) is 0.732. The van der Waals surface area contributed by atoms with E-state index in [1.807, 2.05) is 6.92 Å². The van der Waals surface area contributed by atoms with Crippen LogP contribution in [0.3, 0.4) is 0 Å². The summed E-state index contributed by atoms with van der Waals surface area (Å²) in [6.07, 6.45) is 0. The van der Waals surface area contributed by atoms with Gasteiger partial charge in [-0.25, -0.2) is 13.7 Å². The molecule has 1 aliphatic rings. The van der Waals surface area contributed by atoms with E-state index in [4.69, 9.17) is 0 Å². The Hall–Kier alpha value is -2.08. The molecule has 3 nitrogen and oxygen atoms in total.